The van der Waals surface area contributed by atoms with Crippen molar-refractivity contribution < 1.29 is 9.59 Å². The zero-order valence-corrected chi connectivity index (χ0v) is 14.8. The van der Waals surface area contributed by atoms with E-state index in [-0.39, 0.29) is 18.0 Å². The second-order valence-corrected chi connectivity index (χ2v) is 6.49. The Hall–Kier alpha value is -2.57. The predicted molar refractivity (Wildman–Crippen MR) is 96.2 cm³/mol. The fourth-order valence-corrected chi connectivity index (χ4v) is 3.44. The van der Waals surface area contributed by atoms with Crippen LogP contribution in [0.5, 0.6) is 0 Å². The molecule has 0 radical (unpaired) electrons. The van der Waals surface area contributed by atoms with E-state index in [1.54, 1.807) is 12.1 Å². The molecule has 25 heavy (non-hydrogen) atoms. The van der Waals surface area contributed by atoms with Gasteiger partial charge in [-0.1, -0.05) is 19.3 Å². The maximum Gasteiger partial charge on any atom is 0.333 e. The highest BCUT2D eigenvalue weighted by Crippen LogP contribution is 2.18. The van der Waals surface area contributed by atoms with E-state index < -0.39 is 0 Å². The smallest absolute Gasteiger partial charge is 0.333 e. The molecule has 134 valence electrons. The Morgan fingerprint density at radius 2 is 1.96 bits per heavy atom. The molecule has 7 heteroatoms. The number of nitrogens with zero attached hydrogens (tertiary/aromatic N) is 2. The minimum Gasteiger partial charge on any atom is -0.334 e. The van der Waals surface area contributed by atoms with Crippen LogP contribution in [0.15, 0.2) is 18.2 Å². The highest BCUT2D eigenvalue weighted by molar-refractivity contribution is 5.98. The van der Waals surface area contributed by atoms with E-state index in [1.807, 2.05) is 13.0 Å². The zero-order valence-electron chi connectivity index (χ0n) is 14.8. The van der Waals surface area contributed by atoms with Crippen molar-refractivity contribution in [1.82, 2.24) is 25.7 Å². The SMILES string of the molecule is CCn1c(C)nc2cc(C(=O)NNC(=O)NC3CCCCC3)ccc21. The molecule has 1 saturated carbocycles. The number of urea groups is 1. The highest BCUT2D eigenvalue weighted by Gasteiger charge is 2.16. The molecule has 7 nitrogen and oxygen atoms in total. The van der Waals surface area contributed by atoms with Crippen LogP contribution in [0, 0.1) is 6.92 Å². The van der Waals surface area contributed by atoms with Crippen molar-refractivity contribution in [2.75, 3.05) is 0 Å². The van der Waals surface area contributed by atoms with E-state index >= 15 is 0 Å². The minimum absolute atomic E-state index is 0.197. The molecule has 3 rings (SSSR count). The Morgan fingerprint density at radius 3 is 2.68 bits per heavy atom. The molecule has 1 aromatic carbocycles. The summed E-state index contributed by atoms with van der Waals surface area (Å²) in [5.41, 5.74) is 7.12. The van der Waals surface area contributed by atoms with Crippen molar-refractivity contribution in [2.24, 2.45) is 0 Å². The van der Waals surface area contributed by atoms with Gasteiger partial charge in [0.05, 0.1) is 11.0 Å². The van der Waals surface area contributed by atoms with Gasteiger partial charge in [0.25, 0.3) is 5.91 Å². The van der Waals surface area contributed by atoms with Crippen LogP contribution in [-0.2, 0) is 6.54 Å². The van der Waals surface area contributed by atoms with Crippen molar-refractivity contribution in [3.63, 3.8) is 0 Å². The molecule has 3 amide bonds. The second kappa shape index (κ2) is 7.55. The standard InChI is InChI=1S/C18H25N5O2/c1-3-23-12(2)19-15-11-13(9-10-16(15)23)17(24)21-22-18(25)20-14-7-5-4-6-8-14/h9-11,14H,3-8H2,1-2H3,(H,21,24)(H2,20,22,25). The van der Waals surface area contributed by atoms with Crippen LogP contribution in [-0.4, -0.2) is 27.5 Å². The van der Waals surface area contributed by atoms with Crippen LogP contribution >= 0.6 is 0 Å². The van der Waals surface area contributed by atoms with E-state index in [0.717, 1.165) is 49.1 Å². The first-order valence-electron chi connectivity index (χ1n) is 8.92. The molecule has 0 aliphatic heterocycles. The number of nitrogens with one attached hydrogen (secondary N) is 3. The van der Waals surface area contributed by atoms with Crippen LogP contribution in [0.4, 0.5) is 4.79 Å². The number of aryl methyl sites for hydroxylation is 2. The van der Waals surface area contributed by atoms with Gasteiger partial charge < -0.3 is 9.88 Å². The molecule has 0 bridgehead atoms. The molecule has 0 saturated heterocycles. The molecular formula is C18H25N5O2. The summed E-state index contributed by atoms with van der Waals surface area (Å²) in [6.45, 7) is 4.83. The number of amides is 3. The first-order valence-corrected chi connectivity index (χ1v) is 8.92. The van der Waals surface area contributed by atoms with Crippen LogP contribution in [0.25, 0.3) is 11.0 Å². The van der Waals surface area contributed by atoms with Crippen LogP contribution < -0.4 is 16.2 Å². The van der Waals surface area contributed by atoms with Gasteiger partial charge in [0.15, 0.2) is 0 Å². The van der Waals surface area contributed by atoms with Crippen molar-refractivity contribution in [1.29, 1.82) is 0 Å². The number of imidazole rings is 1. The quantitative estimate of drug-likeness (QED) is 0.749. The van der Waals surface area contributed by atoms with Crippen molar-refractivity contribution >= 4 is 23.0 Å². The summed E-state index contributed by atoms with van der Waals surface area (Å²) in [5, 5.41) is 2.89. The number of hydrogen-bond donors (Lipinski definition) is 3. The van der Waals surface area contributed by atoms with Gasteiger partial charge in [-0.2, -0.15) is 0 Å². The lowest BCUT2D eigenvalue weighted by Crippen LogP contribution is -2.50. The number of fused-ring (bicyclic) bond motifs is 1. The van der Waals surface area contributed by atoms with Gasteiger partial charge in [0.2, 0.25) is 0 Å². The van der Waals surface area contributed by atoms with Gasteiger partial charge in [-0.3, -0.25) is 10.2 Å². The molecule has 0 unspecified atom stereocenters. The van der Waals surface area contributed by atoms with E-state index in [4.69, 9.17) is 0 Å². The number of rotatable bonds is 3. The Kier molecular flexibility index (Phi) is 5.21. The first kappa shape index (κ1) is 17.3. The monoisotopic (exact) mass is 343 g/mol. The third kappa shape index (κ3) is 3.92. The van der Waals surface area contributed by atoms with Gasteiger partial charge in [-0.05, 0) is 44.9 Å². The summed E-state index contributed by atoms with van der Waals surface area (Å²) in [4.78, 5) is 28.6. The normalized spacial score (nSPS) is 15.1. The van der Waals surface area contributed by atoms with Crippen LogP contribution in [0.2, 0.25) is 0 Å². The predicted octanol–water partition coefficient (Wildman–Crippen LogP) is 2.64. The number of carbonyl (C=O) groups is 2. The number of hydrogen-bond acceptors (Lipinski definition) is 3. The largest absolute Gasteiger partial charge is 0.334 e. The fraction of sp³-hybridized carbons (Fsp3) is 0.500. The number of carbonyl (C=O) groups excluding carboxylic acids is 2. The molecule has 1 heterocycles. The van der Waals surface area contributed by atoms with Crippen LogP contribution in [0.3, 0.4) is 0 Å². The van der Waals surface area contributed by atoms with E-state index in [2.05, 4.69) is 32.6 Å². The van der Waals surface area contributed by atoms with Gasteiger partial charge in [0, 0.05) is 18.2 Å². The molecule has 2 aromatic rings. The van der Waals surface area contributed by atoms with Crippen LogP contribution in [0.1, 0.15) is 55.2 Å². The number of hydrazine groups is 1. The average Bonchev–Trinajstić information content (AvgIpc) is 2.94. The number of aromatic nitrogens is 2. The summed E-state index contributed by atoms with van der Waals surface area (Å²) < 4.78 is 2.09. The second-order valence-electron chi connectivity index (χ2n) is 6.49. The van der Waals surface area contributed by atoms with E-state index in [1.165, 1.54) is 6.42 Å². The first-order chi connectivity index (χ1) is 12.1. The number of benzene rings is 1. The third-order valence-electron chi connectivity index (χ3n) is 4.75. The molecule has 1 aromatic heterocycles. The molecule has 0 spiro atoms. The summed E-state index contributed by atoms with van der Waals surface area (Å²) in [6, 6.07) is 5.20. The minimum atomic E-state index is -0.368. The van der Waals surface area contributed by atoms with Gasteiger partial charge in [0.1, 0.15) is 5.82 Å². The van der Waals surface area contributed by atoms with Gasteiger partial charge in [-0.25, -0.2) is 15.2 Å². The maximum atomic E-state index is 12.3. The lowest BCUT2D eigenvalue weighted by atomic mass is 9.96. The lowest BCUT2D eigenvalue weighted by Gasteiger charge is -2.22. The third-order valence-corrected chi connectivity index (χ3v) is 4.75. The molecule has 0 atom stereocenters. The molecular weight excluding hydrogens is 318 g/mol. The summed E-state index contributed by atoms with van der Waals surface area (Å²) >= 11 is 0. The zero-order chi connectivity index (χ0) is 17.8. The lowest BCUT2D eigenvalue weighted by molar-refractivity contribution is 0.0935. The molecule has 3 N–H and O–H groups in total. The molecule has 1 aliphatic rings. The highest BCUT2D eigenvalue weighted by atomic mass is 16.2. The summed E-state index contributed by atoms with van der Waals surface area (Å²) in [7, 11) is 0. The van der Waals surface area contributed by atoms with E-state index in [0.29, 0.717) is 5.56 Å². The fourth-order valence-electron chi connectivity index (χ4n) is 3.44. The topological polar surface area (TPSA) is 88.1 Å². The Balaban J connectivity index is 1.59. The molecule has 1 aliphatic carbocycles. The van der Waals surface area contributed by atoms with Gasteiger partial charge in [-0.15, -0.1) is 0 Å². The van der Waals surface area contributed by atoms with Crippen molar-refractivity contribution in [3.05, 3.63) is 29.6 Å². The van der Waals surface area contributed by atoms with Gasteiger partial charge >= 0.3 is 6.03 Å². The van der Waals surface area contributed by atoms with Crippen molar-refractivity contribution in [2.45, 2.75) is 58.5 Å². The van der Waals surface area contributed by atoms with Crippen molar-refractivity contribution in [3.8, 4) is 0 Å². The van der Waals surface area contributed by atoms with E-state index in [9.17, 15) is 9.59 Å². The summed E-state index contributed by atoms with van der Waals surface area (Å²) in [5.74, 6) is 0.560. The molecule has 1 fully saturated rings. The maximum absolute atomic E-state index is 12.3. The Bertz CT molecular complexity index is 777. The summed E-state index contributed by atoms with van der Waals surface area (Å²) in [6.07, 6.45) is 5.50. The Morgan fingerprint density at radius 1 is 1.20 bits per heavy atom. The Labute approximate surface area is 147 Å². The average molecular weight is 343 g/mol.